The third-order valence-corrected chi connectivity index (χ3v) is 5.27. The van der Waals surface area contributed by atoms with Crippen LogP contribution in [0.15, 0.2) is 65.7 Å². The van der Waals surface area contributed by atoms with Gasteiger partial charge in [-0.3, -0.25) is 9.59 Å². The fraction of sp³-hybridized carbons (Fsp3) is 0.130. The van der Waals surface area contributed by atoms with Crippen LogP contribution in [0.3, 0.4) is 0 Å². The molecule has 150 valence electrons. The van der Waals surface area contributed by atoms with Crippen molar-refractivity contribution in [3.05, 3.63) is 83.2 Å². The molecule has 0 aliphatic carbocycles. The topological polar surface area (TPSA) is 82.8 Å². The number of rotatable bonds is 7. The summed E-state index contributed by atoms with van der Waals surface area (Å²) in [5, 5.41) is 12.6. The molecule has 0 saturated heterocycles. The Bertz CT molecular complexity index is 1110. The van der Waals surface area contributed by atoms with Gasteiger partial charge in [0.05, 0.1) is 17.0 Å². The number of benzene rings is 2. The first-order valence-corrected chi connectivity index (χ1v) is 10.1. The number of hydrogen-bond donors (Lipinski definition) is 1. The van der Waals surface area contributed by atoms with Crippen molar-refractivity contribution < 1.29 is 14.0 Å². The van der Waals surface area contributed by atoms with Crippen LogP contribution in [-0.4, -0.2) is 22.4 Å². The van der Waals surface area contributed by atoms with Gasteiger partial charge >= 0.3 is 0 Å². The van der Waals surface area contributed by atoms with E-state index in [0.717, 1.165) is 22.9 Å². The second-order valence-electron chi connectivity index (χ2n) is 6.46. The van der Waals surface area contributed by atoms with Crippen LogP contribution < -0.4 is 5.32 Å². The van der Waals surface area contributed by atoms with E-state index in [1.54, 1.807) is 12.1 Å². The number of Topliss-reactive ketones (excluding diaryl/α,β-unsaturated/α-hetero) is 1. The van der Waals surface area contributed by atoms with Crippen molar-refractivity contribution in [3.8, 4) is 17.3 Å². The van der Waals surface area contributed by atoms with E-state index in [-0.39, 0.29) is 35.4 Å². The molecular formula is C23H18FN3O2S. The Kier molecular flexibility index (Phi) is 6.94. The summed E-state index contributed by atoms with van der Waals surface area (Å²) < 4.78 is 13.0. The van der Waals surface area contributed by atoms with E-state index in [4.69, 9.17) is 0 Å². The first kappa shape index (κ1) is 21.2. The molecule has 5 nitrogen and oxygen atoms in total. The number of halogens is 1. The molecule has 3 rings (SSSR count). The average molecular weight is 419 g/mol. The predicted molar refractivity (Wildman–Crippen MR) is 113 cm³/mol. The zero-order valence-corrected chi connectivity index (χ0v) is 17.0. The Hall–Kier alpha value is -3.50. The summed E-state index contributed by atoms with van der Waals surface area (Å²) in [6, 6.07) is 18.7. The molecular weight excluding hydrogens is 401 g/mol. The van der Waals surface area contributed by atoms with Crippen molar-refractivity contribution in [2.45, 2.75) is 18.5 Å². The first-order valence-electron chi connectivity index (χ1n) is 9.13. The van der Waals surface area contributed by atoms with E-state index >= 15 is 0 Å². The SMILES string of the molecule is CC(=O)c1cc(C#N)c(SCC(=O)NCc2ccc(F)cc2)nc1-c1ccccc1. The highest BCUT2D eigenvalue weighted by atomic mass is 32.2. The molecule has 30 heavy (non-hydrogen) atoms. The average Bonchev–Trinajstić information content (AvgIpc) is 2.77. The third kappa shape index (κ3) is 5.31. The molecule has 0 atom stereocenters. The number of hydrogen-bond acceptors (Lipinski definition) is 5. The molecule has 0 bridgehead atoms. The summed E-state index contributed by atoms with van der Waals surface area (Å²) in [5.74, 6) is -0.714. The number of carbonyl (C=O) groups is 2. The second kappa shape index (κ2) is 9.81. The van der Waals surface area contributed by atoms with Crippen LogP contribution in [0.25, 0.3) is 11.3 Å². The van der Waals surface area contributed by atoms with Gasteiger partial charge in [-0.25, -0.2) is 9.37 Å². The molecule has 2 aromatic carbocycles. The minimum atomic E-state index is -0.334. The van der Waals surface area contributed by atoms with Gasteiger partial charge in [-0.05, 0) is 30.7 Å². The standard InChI is InChI=1S/C23H18FN3O2S/c1-15(28)20-11-18(12-25)23(27-22(20)17-5-3-2-4-6-17)30-14-21(29)26-13-16-7-9-19(24)10-8-16/h2-11H,13-14H2,1H3,(H,26,29). The molecule has 1 aromatic heterocycles. The Morgan fingerprint density at radius 2 is 1.83 bits per heavy atom. The van der Waals surface area contributed by atoms with Gasteiger partial charge < -0.3 is 5.32 Å². The lowest BCUT2D eigenvalue weighted by Crippen LogP contribution is -2.24. The third-order valence-electron chi connectivity index (χ3n) is 4.28. The fourth-order valence-electron chi connectivity index (χ4n) is 2.76. The molecule has 3 aromatic rings. The van der Waals surface area contributed by atoms with E-state index in [2.05, 4.69) is 16.4 Å². The highest BCUT2D eigenvalue weighted by Gasteiger charge is 2.17. The van der Waals surface area contributed by atoms with Crippen molar-refractivity contribution in [2.75, 3.05) is 5.75 Å². The van der Waals surface area contributed by atoms with E-state index in [0.29, 0.717) is 16.3 Å². The lowest BCUT2D eigenvalue weighted by Gasteiger charge is -2.11. The van der Waals surface area contributed by atoms with E-state index in [9.17, 15) is 19.2 Å². The Labute approximate surface area is 178 Å². The first-order chi connectivity index (χ1) is 14.5. The van der Waals surface area contributed by atoms with Crippen molar-refractivity contribution in [1.82, 2.24) is 10.3 Å². The molecule has 0 aliphatic heterocycles. The summed E-state index contributed by atoms with van der Waals surface area (Å²) in [6.07, 6.45) is 0. The Morgan fingerprint density at radius 1 is 1.13 bits per heavy atom. The smallest absolute Gasteiger partial charge is 0.230 e. The summed E-state index contributed by atoms with van der Waals surface area (Å²) >= 11 is 1.13. The normalized spacial score (nSPS) is 10.3. The minimum absolute atomic E-state index is 0.0521. The molecule has 0 fully saturated rings. The lowest BCUT2D eigenvalue weighted by molar-refractivity contribution is -0.118. The number of nitriles is 1. The van der Waals surface area contributed by atoms with Gasteiger partial charge in [-0.1, -0.05) is 54.2 Å². The Morgan fingerprint density at radius 3 is 2.47 bits per heavy atom. The number of thioether (sulfide) groups is 1. The number of amides is 1. The maximum absolute atomic E-state index is 13.0. The van der Waals surface area contributed by atoms with Gasteiger partial charge in [-0.15, -0.1) is 0 Å². The van der Waals surface area contributed by atoms with Gasteiger partial charge in [0.25, 0.3) is 0 Å². The molecule has 7 heteroatoms. The van der Waals surface area contributed by atoms with E-state index in [1.807, 2.05) is 30.3 Å². The number of aromatic nitrogens is 1. The number of pyridine rings is 1. The quantitative estimate of drug-likeness (QED) is 0.454. The van der Waals surface area contributed by atoms with Crippen molar-refractivity contribution in [1.29, 1.82) is 5.26 Å². The zero-order chi connectivity index (χ0) is 21.5. The second-order valence-corrected chi connectivity index (χ2v) is 7.43. The molecule has 0 unspecified atom stereocenters. The number of nitrogens with zero attached hydrogens (tertiary/aromatic N) is 2. The molecule has 0 spiro atoms. The van der Waals surface area contributed by atoms with Crippen molar-refractivity contribution >= 4 is 23.5 Å². The summed E-state index contributed by atoms with van der Waals surface area (Å²) in [6.45, 7) is 1.71. The van der Waals surface area contributed by atoms with Crippen LogP contribution in [0.5, 0.6) is 0 Å². The molecule has 0 radical (unpaired) electrons. The number of nitrogens with one attached hydrogen (secondary N) is 1. The molecule has 1 heterocycles. The zero-order valence-electron chi connectivity index (χ0n) is 16.2. The van der Waals surface area contributed by atoms with Crippen molar-refractivity contribution in [3.63, 3.8) is 0 Å². The number of carbonyl (C=O) groups excluding carboxylic acids is 2. The molecule has 0 saturated carbocycles. The van der Waals surface area contributed by atoms with Crippen LogP contribution in [0.4, 0.5) is 4.39 Å². The van der Waals surface area contributed by atoms with Gasteiger partial charge in [-0.2, -0.15) is 5.26 Å². The van der Waals surface area contributed by atoms with E-state index < -0.39 is 0 Å². The van der Waals surface area contributed by atoms with Crippen LogP contribution in [-0.2, 0) is 11.3 Å². The van der Waals surface area contributed by atoms with Crippen molar-refractivity contribution in [2.24, 2.45) is 0 Å². The summed E-state index contributed by atoms with van der Waals surface area (Å²) in [5.41, 5.74) is 2.63. The summed E-state index contributed by atoms with van der Waals surface area (Å²) in [7, 11) is 0. The lowest BCUT2D eigenvalue weighted by atomic mass is 10.0. The van der Waals surface area contributed by atoms with Crippen LogP contribution in [0.2, 0.25) is 0 Å². The summed E-state index contributed by atoms with van der Waals surface area (Å²) in [4.78, 5) is 28.8. The molecule has 0 aliphatic rings. The highest BCUT2D eigenvalue weighted by molar-refractivity contribution is 8.00. The molecule has 1 N–H and O–H groups in total. The van der Waals surface area contributed by atoms with Gasteiger partial charge in [0.1, 0.15) is 16.9 Å². The van der Waals surface area contributed by atoms with Gasteiger partial charge in [0.2, 0.25) is 5.91 Å². The van der Waals surface area contributed by atoms with Gasteiger partial charge in [0, 0.05) is 17.7 Å². The molecule has 1 amide bonds. The Balaban J connectivity index is 1.76. The van der Waals surface area contributed by atoms with Crippen LogP contribution >= 0.6 is 11.8 Å². The maximum Gasteiger partial charge on any atom is 0.230 e. The largest absolute Gasteiger partial charge is 0.351 e. The minimum Gasteiger partial charge on any atom is -0.351 e. The number of ketones is 1. The monoisotopic (exact) mass is 419 g/mol. The van der Waals surface area contributed by atoms with Crippen LogP contribution in [0.1, 0.15) is 28.4 Å². The highest BCUT2D eigenvalue weighted by Crippen LogP contribution is 2.29. The predicted octanol–water partition coefficient (Wildman–Crippen LogP) is 4.37. The maximum atomic E-state index is 13.0. The fourth-order valence-corrected chi connectivity index (χ4v) is 3.54. The van der Waals surface area contributed by atoms with Gasteiger partial charge in [0.15, 0.2) is 5.78 Å². The van der Waals surface area contributed by atoms with Crippen LogP contribution in [0, 0.1) is 17.1 Å². The van der Waals surface area contributed by atoms with E-state index in [1.165, 1.54) is 25.1 Å².